The molecule has 0 fully saturated rings. The van der Waals surface area contributed by atoms with Crippen molar-refractivity contribution < 1.29 is 46.7 Å². The van der Waals surface area contributed by atoms with Crippen molar-refractivity contribution in [1.82, 2.24) is 0 Å². The molecule has 0 aliphatic rings. The normalized spacial score (nSPS) is 4.80. The van der Waals surface area contributed by atoms with Crippen LogP contribution in [0.1, 0.15) is 0 Å². The SMILES string of the molecule is O=[N+]([O-])[O-].O=[N+]([O-])[O-].[Cu+2].[Zn+2]. The zero-order valence-electron chi connectivity index (χ0n) is 4.35. The van der Waals surface area contributed by atoms with Crippen molar-refractivity contribution in [2.24, 2.45) is 0 Å². The van der Waals surface area contributed by atoms with Crippen LogP contribution in [0.25, 0.3) is 0 Å². The van der Waals surface area contributed by atoms with Crippen molar-refractivity contribution in [3.8, 4) is 0 Å². The number of hydrogen-bond acceptors (Lipinski definition) is 6. The maximum Gasteiger partial charge on any atom is 2.00 e. The minimum absolute atomic E-state index is 0. The Labute approximate surface area is 77.7 Å². The molecule has 0 unspecified atom stereocenters. The van der Waals surface area contributed by atoms with E-state index in [9.17, 15) is 0 Å². The number of hydrogen-bond donors (Lipinski definition) is 0. The smallest absolute Gasteiger partial charge is 0.356 e. The van der Waals surface area contributed by atoms with Gasteiger partial charge in [-0.3, -0.25) is 0 Å². The molecule has 0 heterocycles. The van der Waals surface area contributed by atoms with E-state index in [4.69, 9.17) is 30.6 Å². The molecule has 0 amide bonds. The largest absolute Gasteiger partial charge is 2.00 e. The molecule has 0 N–H and O–H groups in total. The van der Waals surface area contributed by atoms with Gasteiger partial charge in [0.2, 0.25) is 0 Å². The summed E-state index contributed by atoms with van der Waals surface area (Å²) in [5.74, 6) is 0. The average Bonchev–Trinajstić information content (AvgIpc) is 1.25. The van der Waals surface area contributed by atoms with E-state index in [-0.39, 0.29) is 36.5 Å². The first-order valence-corrected chi connectivity index (χ1v) is 1.10. The molecule has 0 atom stereocenters. The summed E-state index contributed by atoms with van der Waals surface area (Å²) < 4.78 is 0. The summed E-state index contributed by atoms with van der Waals surface area (Å²) in [6.45, 7) is 0. The van der Waals surface area contributed by atoms with Gasteiger partial charge in [-0.15, -0.1) is 0 Å². The summed E-state index contributed by atoms with van der Waals surface area (Å²) in [5.41, 5.74) is 0. The van der Waals surface area contributed by atoms with Gasteiger partial charge in [-0.25, -0.2) is 0 Å². The fraction of sp³-hybridized carbons (Fsp3) is 0. The molecular weight excluding hydrogens is 253 g/mol. The molecular formula is CuN2O6Zn+2. The van der Waals surface area contributed by atoms with Gasteiger partial charge >= 0.3 is 36.5 Å². The molecule has 10 heteroatoms. The van der Waals surface area contributed by atoms with Gasteiger partial charge in [0.05, 0.1) is 10.2 Å². The average molecular weight is 253 g/mol. The summed E-state index contributed by atoms with van der Waals surface area (Å²) in [5, 5.41) is 29.5. The molecule has 0 saturated heterocycles. The molecule has 0 aromatic heterocycles. The molecule has 0 aliphatic heterocycles. The molecule has 8 nitrogen and oxygen atoms in total. The van der Waals surface area contributed by atoms with E-state index in [1.54, 1.807) is 0 Å². The third kappa shape index (κ3) is 1550. The third-order valence-corrected chi connectivity index (χ3v) is 0. The summed E-state index contributed by atoms with van der Waals surface area (Å²) in [4.78, 5) is 16.5. The Hall–Kier alpha value is -0.457. The minimum Gasteiger partial charge on any atom is -0.356 e. The van der Waals surface area contributed by atoms with E-state index in [0.29, 0.717) is 0 Å². The second kappa shape index (κ2) is 15.8. The van der Waals surface area contributed by atoms with E-state index in [1.165, 1.54) is 0 Å². The van der Waals surface area contributed by atoms with Crippen molar-refractivity contribution >= 4 is 0 Å². The third-order valence-electron chi connectivity index (χ3n) is 0. The molecule has 0 aromatic rings. The van der Waals surface area contributed by atoms with Crippen LogP contribution in [-0.4, -0.2) is 10.2 Å². The zero-order chi connectivity index (χ0) is 7.15. The van der Waals surface area contributed by atoms with Gasteiger partial charge in [-0.05, 0) is 0 Å². The second-order valence-electron chi connectivity index (χ2n) is 0.447. The van der Waals surface area contributed by atoms with Crippen LogP contribution in [-0.2, 0) is 36.5 Å². The van der Waals surface area contributed by atoms with Crippen LogP contribution in [0.4, 0.5) is 0 Å². The van der Waals surface area contributed by atoms with E-state index < -0.39 is 10.2 Å². The zero-order valence-corrected chi connectivity index (χ0v) is 8.26. The first kappa shape index (κ1) is 22.7. The Kier molecular flexibility index (Phi) is 35.9. The van der Waals surface area contributed by atoms with Crippen LogP contribution < -0.4 is 0 Å². The first-order chi connectivity index (χ1) is 3.46. The van der Waals surface area contributed by atoms with Crippen LogP contribution >= 0.6 is 0 Å². The quantitative estimate of drug-likeness (QED) is 0.325. The van der Waals surface area contributed by atoms with Gasteiger partial charge in [0.15, 0.2) is 0 Å². The van der Waals surface area contributed by atoms with Gasteiger partial charge in [-0.2, -0.15) is 0 Å². The molecule has 0 saturated carbocycles. The predicted octanol–water partition coefficient (Wildman–Crippen LogP) is -0.483. The maximum absolute atomic E-state index is 8.25. The van der Waals surface area contributed by atoms with Crippen molar-refractivity contribution in [2.75, 3.05) is 0 Å². The Bertz CT molecular complexity index is 73.7. The van der Waals surface area contributed by atoms with Crippen LogP contribution in [0.15, 0.2) is 0 Å². The van der Waals surface area contributed by atoms with Gasteiger partial charge in [0, 0.05) is 0 Å². The summed E-state index contributed by atoms with van der Waals surface area (Å²) >= 11 is 0. The fourth-order valence-corrected chi connectivity index (χ4v) is 0. The molecule has 0 bridgehead atoms. The van der Waals surface area contributed by atoms with Crippen LogP contribution in [0.3, 0.4) is 0 Å². The molecule has 0 aliphatic carbocycles. The maximum atomic E-state index is 8.25. The number of rotatable bonds is 0. The monoisotopic (exact) mass is 251 g/mol. The topological polar surface area (TPSA) is 132 Å². The Balaban J connectivity index is -0.0000000300. The fourth-order valence-electron chi connectivity index (χ4n) is 0. The van der Waals surface area contributed by atoms with Crippen LogP contribution in [0.5, 0.6) is 0 Å². The first-order valence-electron chi connectivity index (χ1n) is 1.10. The summed E-state index contributed by atoms with van der Waals surface area (Å²) in [6, 6.07) is 0. The van der Waals surface area contributed by atoms with E-state index in [1.807, 2.05) is 0 Å². The second-order valence-corrected chi connectivity index (χ2v) is 0.447. The van der Waals surface area contributed by atoms with Crippen LogP contribution in [0.2, 0.25) is 0 Å². The Morgan fingerprint density at radius 3 is 0.800 bits per heavy atom. The van der Waals surface area contributed by atoms with Crippen molar-refractivity contribution in [1.29, 1.82) is 0 Å². The predicted molar refractivity (Wildman–Crippen MR) is 20.7 cm³/mol. The molecule has 10 heavy (non-hydrogen) atoms. The standard InChI is InChI=1S/Cu.2NO3.Zn/c;2*2-1(3)4;/q+2;2*-1;+2. The van der Waals surface area contributed by atoms with E-state index >= 15 is 0 Å². The van der Waals surface area contributed by atoms with Crippen molar-refractivity contribution in [2.45, 2.75) is 0 Å². The molecule has 0 spiro atoms. The molecule has 1 radical (unpaired) electrons. The molecule has 0 rings (SSSR count). The summed E-state index contributed by atoms with van der Waals surface area (Å²) in [6.07, 6.45) is 0. The van der Waals surface area contributed by atoms with E-state index in [0.717, 1.165) is 0 Å². The van der Waals surface area contributed by atoms with Crippen molar-refractivity contribution in [3.05, 3.63) is 30.6 Å². The minimum atomic E-state index is -1.75. The molecule has 0 aromatic carbocycles. The van der Waals surface area contributed by atoms with Gasteiger partial charge in [0.1, 0.15) is 0 Å². The number of nitrogens with zero attached hydrogens (tertiary/aromatic N) is 2. The Morgan fingerprint density at radius 1 is 0.800 bits per heavy atom. The Morgan fingerprint density at radius 2 is 0.800 bits per heavy atom. The van der Waals surface area contributed by atoms with Gasteiger partial charge < -0.3 is 30.6 Å². The van der Waals surface area contributed by atoms with Gasteiger partial charge in [0.25, 0.3) is 0 Å². The molecule has 57 valence electrons. The van der Waals surface area contributed by atoms with Gasteiger partial charge in [-0.1, -0.05) is 0 Å². The van der Waals surface area contributed by atoms with Crippen molar-refractivity contribution in [3.63, 3.8) is 0 Å². The van der Waals surface area contributed by atoms with Crippen LogP contribution in [0, 0.1) is 30.6 Å². The van der Waals surface area contributed by atoms with E-state index in [2.05, 4.69) is 0 Å². The summed E-state index contributed by atoms with van der Waals surface area (Å²) in [7, 11) is 0.